The molecule has 3 rings (SSSR count). The largest absolute Gasteiger partial charge is 0.480 e. The minimum absolute atomic E-state index is 0.332. The lowest BCUT2D eigenvalue weighted by atomic mass is 10.0. The van der Waals surface area contributed by atoms with Crippen molar-refractivity contribution in [1.82, 2.24) is 14.5 Å². The molecule has 0 radical (unpaired) electrons. The van der Waals surface area contributed by atoms with Gasteiger partial charge in [-0.2, -0.15) is 4.98 Å². The van der Waals surface area contributed by atoms with Crippen LogP contribution in [0.5, 0.6) is 6.01 Å². The van der Waals surface area contributed by atoms with Crippen molar-refractivity contribution in [1.29, 1.82) is 0 Å². The standard InChI is InChI=1S/C16H12ClN3O2/c1-20-15(21)13(10-2-4-12(17)5-3-10)14(19-16(20)22)11-6-8-18-9-7-11/h2-9H,1H3,(H,19,22). The number of rotatable bonds is 2. The van der Waals surface area contributed by atoms with Crippen molar-refractivity contribution >= 4 is 11.6 Å². The molecular weight excluding hydrogens is 302 g/mol. The third-order valence-electron chi connectivity index (χ3n) is 3.35. The quantitative estimate of drug-likeness (QED) is 0.790. The molecule has 1 N–H and O–H groups in total. The lowest BCUT2D eigenvalue weighted by molar-refractivity contribution is 0.400. The highest BCUT2D eigenvalue weighted by atomic mass is 35.5. The van der Waals surface area contributed by atoms with Crippen molar-refractivity contribution in [2.75, 3.05) is 0 Å². The highest BCUT2D eigenvalue weighted by molar-refractivity contribution is 6.30. The zero-order valence-corrected chi connectivity index (χ0v) is 12.4. The Morgan fingerprint density at radius 3 is 2.32 bits per heavy atom. The molecule has 1 aromatic carbocycles. The third-order valence-corrected chi connectivity index (χ3v) is 3.61. The van der Waals surface area contributed by atoms with E-state index in [9.17, 15) is 9.90 Å². The maximum atomic E-state index is 12.6. The molecule has 110 valence electrons. The Balaban J connectivity index is 2.34. The van der Waals surface area contributed by atoms with Gasteiger partial charge in [0.1, 0.15) is 0 Å². The van der Waals surface area contributed by atoms with Crippen molar-refractivity contribution in [3.05, 3.63) is 64.2 Å². The van der Waals surface area contributed by atoms with E-state index in [1.165, 1.54) is 7.05 Å². The van der Waals surface area contributed by atoms with Gasteiger partial charge in [-0.1, -0.05) is 23.7 Å². The second kappa shape index (κ2) is 5.61. The van der Waals surface area contributed by atoms with E-state index in [1.54, 1.807) is 48.8 Å². The first-order valence-corrected chi connectivity index (χ1v) is 6.92. The van der Waals surface area contributed by atoms with Gasteiger partial charge >= 0.3 is 0 Å². The Morgan fingerprint density at radius 1 is 1.05 bits per heavy atom. The van der Waals surface area contributed by atoms with E-state index in [0.717, 1.165) is 4.57 Å². The van der Waals surface area contributed by atoms with Gasteiger partial charge in [0, 0.05) is 30.0 Å². The summed E-state index contributed by atoms with van der Waals surface area (Å²) in [5.41, 5.74) is 1.87. The molecule has 3 aromatic rings. The van der Waals surface area contributed by atoms with Crippen LogP contribution in [-0.2, 0) is 7.05 Å². The lowest BCUT2D eigenvalue weighted by Gasteiger charge is -2.11. The molecule has 2 aromatic heterocycles. The topological polar surface area (TPSA) is 68.0 Å². The van der Waals surface area contributed by atoms with Gasteiger partial charge in [-0.25, -0.2) is 0 Å². The van der Waals surface area contributed by atoms with Crippen LogP contribution in [0.25, 0.3) is 22.4 Å². The summed E-state index contributed by atoms with van der Waals surface area (Å²) in [6.45, 7) is 0. The van der Waals surface area contributed by atoms with Crippen LogP contribution < -0.4 is 5.56 Å². The van der Waals surface area contributed by atoms with Crippen molar-refractivity contribution in [2.45, 2.75) is 0 Å². The Kier molecular flexibility index (Phi) is 3.65. The van der Waals surface area contributed by atoms with Crippen molar-refractivity contribution in [3.63, 3.8) is 0 Å². The minimum Gasteiger partial charge on any atom is -0.480 e. The van der Waals surface area contributed by atoms with E-state index >= 15 is 0 Å². The van der Waals surface area contributed by atoms with E-state index in [-0.39, 0.29) is 11.6 Å². The normalized spacial score (nSPS) is 10.6. The molecule has 0 aliphatic carbocycles. The Morgan fingerprint density at radius 2 is 1.68 bits per heavy atom. The van der Waals surface area contributed by atoms with Crippen LogP contribution in [0, 0.1) is 0 Å². The van der Waals surface area contributed by atoms with Crippen molar-refractivity contribution in [3.8, 4) is 28.4 Å². The lowest BCUT2D eigenvalue weighted by Crippen LogP contribution is -2.21. The summed E-state index contributed by atoms with van der Waals surface area (Å²) in [6.07, 6.45) is 3.22. The smallest absolute Gasteiger partial charge is 0.296 e. The molecular formula is C16H12ClN3O2. The molecule has 0 saturated heterocycles. The molecule has 0 amide bonds. The van der Waals surface area contributed by atoms with E-state index < -0.39 is 0 Å². The van der Waals surface area contributed by atoms with Gasteiger partial charge in [-0.3, -0.25) is 14.3 Å². The van der Waals surface area contributed by atoms with Gasteiger partial charge in [0.15, 0.2) is 0 Å². The summed E-state index contributed by atoms with van der Waals surface area (Å²) < 4.78 is 1.11. The van der Waals surface area contributed by atoms with Gasteiger partial charge in [0.05, 0.1) is 11.3 Å². The monoisotopic (exact) mass is 313 g/mol. The Bertz CT molecular complexity index is 874. The molecule has 0 aliphatic heterocycles. The Hall–Kier alpha value is -2.66. The van der Waals surface area contributed by atoms with Gasteiger partial charge in [0.25, 0.3) is 11.6 Å². The van der Waals surface area contributed by atoms with Crippen LogP contribution in [-0.4, -0.2) is 19.6 Å². The average molecular weight is 314 g/mol. The predicted molar refractivity (Wildman–Crippen MR) is 84.8 cm³/mol. The summed E-state index contributed by atoms with van der Waals surface area (Å²) in [4.78, 5) is 20.7. The first kappa shape index (κ1) is 14.3. The number of halogens is 1. The van der Waals surface area contributed by atoms with Gasteiger partial charge in [-0.05, 0) is 29.8 Å². The number of benzene rings is 1. The second-order valence-corrected chi connectivity index (χ2v) is 5.18. The van der Waals surface area contributed by atoms with E-state index in [0.29, 0.717) is 27.4 Å². The van der Waals surface area contributed by atoms with Crippen molar-refractivity contribution in [2.24, 2.45) is 7.05 Å². The third kappa shape index (κ3) is 2.46. The molecule has 22 heavy (non-hydrogen) atoms. The number of aromatic nitrogens is 3. The highest BCUT2D eigenvalue weighted by Gasteiger charge is 2.17. The number of pyridine rings is 1. The van der Waals surface area contributed by atoms with Gasteiger partial charge in [0.2, 0.25) is 0 Å². The second-order valence-electron chi connectivity index (χ2n) is 4.74. The maximum Gasteiger partial charge on any atom is 0.296 e. The van der Waals surface area contributed by atoms with E-state index in [4.69, 9.17) is 11.6 Å². The highest BCUT2D eigenvalue weighted by Crippen LogP contribution is 2.29. The molecule has 6 heteroatoms. The SMILES string of the molecule is Cn1c(O)nc(-c2ccncc2)c(-c2ccc(Cl)cc2)c1=O. The van der Waals surface area contributed by atoms with Gasteiger partial charge in [-0.15, -0.1) is 0 Å². The van der Waals surface area contributed by atoms with Crippen molar-refractivity contribution < 1.29 is 5.11 Å². The molecule has 0 atom stereocenters. The van der Waals surface area contributed by atoms with Crippen LogP contribution in [0.3, 0.4) is 0 Å². The summed E-state index contributed by atoms with van der Waals surface area (Å²) >= 11 is 5.90. The summed E-state index contributed by atoms with van der Waals surface area (Å²) in [6, 6.07) is 10.1. The van der Waals surface area contributed by atoms with Crippen LogP contribution in [0.1, 0.15) is 0 Å². The molecule has 5 nitrogen and oxygen atoms in total. The molecule has 0 saturated carbocycles. The molecule has 0 bridgehead atoms. The number of hydrogen-bond donors (Lipinski definition) is 1. The Labute approximate surface area is 131 Å². The average Bonchev–Trinajstić information content (AvgIpc) is 2.54. The molecule has 2 heterocycles. The molecule has 0 spiro atoms. The van der Waals surface area contributed by atoms with Crippen LogP contribution in [0.2, 0.25) is 5.02 Å². The van der Waals surface area contributed by atoms with Crippen LogP contribution in [0.15, 0.2) is 53.6 Å². The van der Waals surface area contributed by atoms with Crippen LogP contribution in [0.4, 0.5) is 0 Å². The van der Waals surface area contributed by atoms with E-state index in [1.807, 2.05) is 0 Å². The predicted octanol–water partition coefficient (Wildman–Crippen LogP) is 2.87. The zero-order valence-electron chi connectivity index (χ0n) is 11.7. The first-order valence-electron chi connectivity index (χ1n) is 6.54. The fraction of sp³-hybridized carbons (Fsp3) is 0.0625. The van der Waals surface area contributed by atoms with E-state index in [2.05, 4.69) is 9.97 Å². The number of hydrogen-bond acceptors (Lipinski definition) is 4. The molecule has 0 aliphatic rings. The fourth-order valence-corrected chi connectivity index (χ4v) is 2.31. The first-order chi connectivity index (χ1) is 10.6. The number of nitrogens with zero attached hydrogens (tertiary/aromatic N) is 3. The summed E-state index contributed by atoms with van der Waals surface area (Å²) in [7, 11) is 1.47. The molecule has 0 fully saturated rings. The molecule has 0 unspecified atom stereocenters. The zero-order chi connectivity index (χ0) is 15.7. The maximum absolute atomic E-state index is 12.6. The fourth-order valence-electron chi connectivity index (χ4n) is 2.19. The minimum atomic E-state index is -0.338. The summed E-state index contributed by atoms with van der Waals surface area (Å²) in [5, 5.41) is 10.5. The van der Waals surface area contributed by atoms with Crippen LogP contribution >= 0.6 is 11.6 Å². The summed E-state index contributed by atoms with van der Waals surface area (Å²) in [5.74, 6) is 0. The number of aromatic hydroxyl groups is 1. The van der Waals surface area contributed by atoms with Gasteiger partial charge < -0.3 is 5.11 Å².